The molecule has 0 bridgehead atoms. The van der Waals surface area contributed by atoms with Gasteiger partial charge in [0.1, 0.15) is 5.60 Å². The molecule has 2 aliphatic heterocycles. The zero-order valence-corrected chi connectivity index (χ0v) is 21.6. The molecule has 0 spiro atoms. The minimum atomic E-state index is -4.86. The fourth-order valence-electron chi connectivity index (χ4n) is 4.01. The van der Waals surface area contributed by atoms with E-state index in [4.69, 9.17) is 44.4 Å². The van der Waals surface area contributed by atoms with E-state index in [1.807, 2.05) is 0 Å². The van der Waals surface area contributed by atoms with Gasteiger partial charge in [-0.2, -0.15) is 13.2 Å². The summed E-state index contributed by atoms with van der Waals surface area (Å²) in [5.41, 5.74) is -5.04. The highest BCUT2D eigenvalue weighted by molar-refractivity contribution is 6.48. The number of carbonyl (C=O) groups excluding carboxylic acids is 1. The third-order valence-corrected chi connectivity index (χ3v) is 7.10. The third-order valence-electron chi connectivity index (χ3n) is 5.91. The average Bonchev–Trinajstić information content (AvgIpc) is 3.21. The van der Waals surface area contributed by atoms with Gasteiger partial charge in [0, 0.05) is 12.0 Å². The van der Waals surface area contributed by atoms with Gasteiger partial charge < -0.3 is 14.5 Å². The van der Waals surface area contributed by atoms with Crippen LogP contribution in [0.15, 0.2) is 41.6 Å². The minimum absolute atomic E-state index is 0.0120. The summed E-state index contributed by atoms with van der Waals surface area (Å²) < 4.78 is 63.2. The van der Waals surface area contributed by atoms with Crippen LogP contribution in [0.2, 0.25) is 15.1 Å². The van der Waals surface area contributed by atoms with Crippen LogP contribution in [0.1, 0.15) is 43.9 Å². The van der Waals surface area contributed by atoms with E-state index in [2.05, 4.69) is 5.16 Å². The summed E-state index contributed by atoms with van der Waals surface area (Å²) >= 11 is 17.8. The number of hydrogen-bond donors (Lipinski definition) is 0. The standard InChI is InChI=1S/C24H21Cl3F4N2O3/c1-21(2,3)35-20(34)33-11-22(28,12-33)14-6-4-13(5-7-14)18-10-23(36-32-18,24(29,30)31)15-8-16(25)19(27)17(26)9-15/h4-9H,10-12H2,1-3H3. The first kappa shape index (κ1) is 26.8. The SMILES string of the molecule is CC(C)(C)OC(=O)N1CC(F)(c2ccc(C3=NOC(c4cc(Cl)c(Cl)c(Cl)c4)(C(F)(F)F)C3)cc2)C1. The molecule has 12 heteroatoms. The molecule has 0 N–H and O–H groups in total. The maximum atomic E-state index is 15.3. The van der Waals surface area contributed by atoms with Crippen molar-refractivity contribution in [2.45, 2.75) is 50.2 Å². The molecular formula is C24H21Cl3F4N2O3. The summed E-state index contributed by atoms with van der Waals surface area (Å²) in [5, 5.41) is 3.31. The summed E-state index contributed by atoms with van der Waals surface area (Å²) in [4.78, 5) is 18.3. The molecule has 2 aliphatic rings. The van der Waals surface area contributed by atoms with Crippen molar-refractivity contribution in [1.29, 1.82) is 0 Å². The first-order valence-electron chi connectivity index (χ1n) is 10.8. The van der Waals surface area contributed by atoms with Gasteiger partial charge in [-0.15, -0.1) is 0 Å². The van der Waals surface area contributed by atoms with Crippen LogP contribution < -0.4 is 0 Å². The molecule has 2 heterocycles. The Kier molecular flexibility index (Phi) is 6.67. The highest BCUT2D eigenvalue weighted by Crippen LogP contribution is 2.50. The van der Waals surface area contributed by atoms with Gasteiger partial charge in [0.05, 0.1) is 33.9 Å². The van der Waals surface area contributed by atoms with E-state index in [0.717, 1.165) is 12.1 Å². The number of benzene rings is 2. The molecule has 0 saturated carbocycles. The minimum Gasteiger partial charge on any atom is -0.444 e. The normalized spacial score (nSPS) is 21.5. The molecule has 1 fully saturated rings. The Bertz CT molecular complexity index is 1200. The Morgan fingerprint density at radius 3 is 2.08 bits per heavy atom. The Balaban J connectivity index is 1.52. The monoisotopic (exact) mass is 566 g/mol. The summed E-state index contributed by atoms with van der Waals surface area (Å²) in [6, 6.07) is 7.92. The Labute approximate surface area is 219 Å². The summed E-state index contributed by atoms with van der Waals surface area (Å²) in [6.07, 6.45) is -6.13. The zero-order valence-electron chi connectivity index (χ0n) is 19.4. The molecular weight excluding hydrogens is 547 g/mol. The van der Waals surface area contributed by atoms with Crippen molar-refractivity contribution in [1.82, 2.24) is 4.90 Å². The largest absolute Gasteiger partial charge is 0.444 e. The lowest BCUT2D eigenvalue weighted by atomic mass is 9.85. The van der Waals surface area contributed by atoms with Gasteiger partial charge in [0.2, 0.25) is 0 Å². The van der Waals surface area contributed by atoms with E-state index >= 15 is 4.39 Å². The van der Waals surface area contributed by atoms with Gasteiger partial charge in [0.25, 0.3) is 5.60 Å². The van der Waals surface area contributed by atoms with Crippen LogP contribution in [-0.2, 0) is 20.8 Å². The van der Waals surface area contributed by atoms with Crippen molar-refractivity contribution >= 4 is 46.6 Å². The van der Waals surface area contributed by atoms with Crippen molar-refractivity contribution in [3.63, 3.8) is 0 Å². The molecule has 0 aliphatic carbocycles. The molecule has 1 amide bonds. The van der Waals surface area contributed by atoms with E-state index in [9.17, 15) is 18.0 Å². The Hall–Kier alpha value is -2.23. The number of alkyl halides is 4. The quantitative estimate of drug-likeness (QED) is 0.283. The number of halogens is 7. The lowest BCUT2D eigenvalue weighted by molar-refractivity contribution is -0.275. The lowest BCUT2D eigenvalue weighted by Crippen LogP contribution is -2.59. The summed E-state index contributed by atoms with van der Waals surface area (Å²) in [5.74, 6) is 0. The summed E-state index contributed by atoms with van der Waals surface area (Å²) in [6.45, 7) is 4.75. The number of hydrogen-bond acceptors (Lipinski definition) is 4. The van der Waals surface area contributed by atoms with Crippen LogP contribution in [0.5, 0.6) is 0 Å². The Morgan fingerprint density at radius 2 is 1.58 bits per heavy atom. The molecule has 1 atom stereocenters. The topological polar surface area (TPSA) is 51.1 Å². The lowest BCUT2D eigenvalue weighted by Gasteiger charge is -2.44. The predicted octanol–water partition coefficient (Wildman–Crippen LogP) is 7.64. The fraction of sp³-hybridized carbons (Fsp3) is 0.417. The first-order valence-corrected chi connectivity index (χ1v) is 11.9. The highest BCUT2D eigenvalue weighted by atomic mass is 35.5. The second-order valence-corrected chi connectivity index (χ2v) is 11.0. The number of oxime groups is 1. The molecule has 4 rings (SSSR count). The molecule has 194 valence electrons. The van der Waals surface area contributed by atoms with Crippen molar-refractivity contribution < 1.29 is 31.9 Å². The van der Waals surface area contributed by atoms with E-state index in [1.165, 1.54) is 29.2 Å². The molecule has 5 nitrogen and oxygen atoms in total. The molecule has 1 saturated heterocycles. The van der Waals surface area contributed by atoms with Crippen LogP contribution in [0, 0.1) is 0 Å². The molecule has 2 aromatic rings. The molecule has 1 unspecified atom stereocenters. The molecule has 0 aromatic heterocycles. The van der Waals surface area contributed by atoms with Gasteiger partial charge in [0.15, 0.2) is 5.67 Å². The van der Waals surface area contributed by atoms with Crippen molar-refractivity contribution in [3.8, 4) is 0 Å². The van der Waals surface area contributed by atoms with Crippen LogP contribution in [-0.4, -0.2) is 41.6 Å². The number of likely N-dealkylation sites (tertiary alicyclic amines) is 1. The molecule has 36 heavy (non-hydrogen) atoms. The van der Waals surface area contributed by atoms with Crippen LogP contribution >= 0.6 is 34.8 Å². The second-order valence-electron chi connectivity index (χ2n) is 9.76. The van der Waals surface area contributed by atoms with Gasteiger partial charge in [-0.05, 0) is 44.0 Å². The number of amides is 1. The maximum Gasteiger partial charge on any atom is 0.435 e. The number of carbonyl (C=O) groups is 1. The van der Waals surface area contributed by atoms with E-state index < -0.39 is 35.6 Å². The fourth-order valence-corrected chi connectivity index (χ4v) is 4.60. The first-order chi connectivity index (χ1) is 16.5. The predicted molar refractivity (Wildman–Crippen MR) is 128 cm³/mol. The van der Waals surface area contributed by atoms with Gasteiger partial charge in [-0.1, -0.05) is 64.2 Å². The smallest absolute Gasteiger partial charge is 0.435 e. The van der Waals surface area contributed by atoms with Crippen molar-refractivity contribution in [2.75, 3.05) is 13.1 Å². The van der Waals surface area contributed by atoms with Crippen molar-refractivity contribution in [2.24, 2.45) is 5.16 Å². The van der Waals surface area contributed by atoms with Gasteiger partial charge in [-0.3, -0.25) is 0 Å². The van der Waals surface area contributed by atoms with Crippen molar-refractivity contribution in [3.05, 3.63) is 68.2 Å². The molecule has 2 aromatic carbocycles. The number of nitrogens with zero attached hydrogens (tertiary/aromatic N) is 2. The van der Waals surface area contributed by atoms with Gasteiger partial charge in [-0.25, -0.2) is 9.18 Å². The highest BCUT2D eigenvalue weighted by Gasteiger charge is 2.62. The molecule has 0 radical (unpaired) electrons. The maximum absolute atomic E-state index is 15.3. The average molecular weight is 568 g/mol. The summed E-state index contributed by atoms with van der Waals surface area (Å²) in [7, 11) is 0. The Morgan fingerprint density at radius 1 is 1.03 bits per heavy atom. The number of ether oxygens (including phenoxy) is 1. The van der Waals surface area contributed by atoms with E-state index in [-0.39, 0.29) is 45.0 Å². The van der Waals surface area contributed by atoms with Gasteiger partial charge >= 0.3 is 12.3 Å². The van der Waals surface area contributed by atoms with E-state index in [0.29, 0.717) is 5.56 Å². The van der Waals surface area contributed by atoms with Crippen LogP contribution in [0.25, 0.3) is 0 Å². The third kappa shape index (κ3) is 4.85. The second kappa shape index (κ2) is 8.96. The van der Waals surface area contributed by atoms with Crippen LogP contribution in [0.4, 0.5) is 22.4 Å². The van der Waals surface area contributed by atoms with Crippen LogP contribution in [0.3, 0.4) is 0 Å². The number of rotatable bonds is 3. The van der Waals surface area contributed by atoms with E-state index in [1.54, 1.807) is 20.8 Å². The zero-order chi connectivity index (χ0) is 26.7.